The van der Waals surface area contributed by atoms with Gasteiger partial charge in [-0.2, -0.15) is 0 Å². The minimum absolute atomic E-state index is 0.00809. The van der Waals surface area contributed by atoms with E-state index in [0.717, 1.165) is 6.42 Å². The van der Waals surface area contributed by atoms with Gasteiger partial charge < -0.3 is 9.84 Å². The van der Waals surface area contributed by atoms with E-state index in [-0.39, 0.29) is 17.2 Å². The molecule has 1 aromatic rings. The Morgan fingerprint density at radius 3 is 2.74 bits per heavy atom. The van der Waals surface area contributed by atoms with Gasteiger partial charge in [0, 0.05) is 11.0 Å². The minimum Gasteiger partial charge on any atom is -0.495 e. The van der Waals surface area contributed by atoms with Gasteiger partial charge in [0.2, 0.25) is 10.0 Å². The molecule has 108 valence electrons. The van der Waals surface area contributed by atoms with E-state index < -0.39 is 16.1 Å². The monoisotopic (exact) mass is 351 g/mol. The van der Waals surface area contributed by atoms with Crippen molar-refractivity contribution in [2.75, 3.05) is 13.7 Å². The Balaban J connectivity index is 2.91. The molecular weight excluding hydrogens is 334 g/mol. The first-order chi connectivity index (χ1) is 8.90. The molecule has 0 aromatic heterocycles. The molecule has 0 radical (unpaired) electrons. The van der Waals surface area contributed by atoms with Crippen LogP contribution >= 0.6 is 15.9 Å². The molecule has 7 heteroatoms. The molecule has 0 aliphatic rings. The van der Waals surface area contributed by atoms with Crippen molar-refractivity contribution in [1.29, 1.82) is 0 Å². The number of sulfonamides is 1. The molecule has 0 amide bonds. The average molecular weight is 352 g/mol. The predicted octanol–water partition coefficient (Wildman–Crippen LogP) is 1.90. The summed E-state index contributed by atoms with van der Waals surface area (Å²) < 4.78 is 32.4. The summed E-state index contributed by atoms with van der Waals surface area (Å²) in [4.78, 5) is 0.0491. The molecule has 0 aliphatic heterocycles. The zero-order valence-electron chi connectivity index (χ0n) is 10.9. The van der Waals surface area contributed by atoms with E-state index in [2.05, 4.69) is 20.7 Å². The fourth-order valence-electron chi connectivity index (χ4n) is 1.58. The van der Waals surface area contributed by atoms with Gasteiger partial charge in [0.25, 0.3) is 0 Å². The lowest BCUT2D eigenvalue weighted by Crippen LogP contribution is -2.32. The number of hydrogen-bond donors (Lipinski definition) is 2. The Morgan fingerprint density at radius 1 is 1.47 bits per heavy atom. The van der Waals surface area contributed by atoms with E-state index in [0.29, 0.717) is 10.9 Å². The van der Waals surface area contributed by atoms with Crippen LogP contribution in [-0.2, 0) is 10.0 Å². The van der Waals surface area contributed by atoms with Gasteiger partial charge in [-0.1, -0.05) is 29.3 Å². The van der Waals surface area contributed by atoms with Crippen LogP contribution in [0.5, 0.6) is 5.75 Å². The van der Waals surface area contributed by atoms with Gasteiger partial charge in [0.1, 0.15) is 10.6 Å². The van der Waals surface area contributed by atoms with Crippen molar-refractivity contribution in [3.8, 4) is 5.75 Å². The summed E-state index contributed by atoms with van der Waals surface area (Å²) in [5.74, 6) is 0.265. The molecule has 0 spiro atoms. The van der Waals surface area contributed by atoms with E-state index in [9.17, 15) is 13.5 Å². The Hall–Kier alpha value is -0.630. The Labute approximate surface area is 122 Å². The summed E-state index contributed by atoms with van der Waals surface area (Å²) in [5, 5.41) is 9.57. The lowest BCUT2D eigenvalue weighted by atomic mass is 10.2. The molecule has 0 saturated carbocycles. The van der Waals surface area contributed by atoms with E-state index in [1.807, 2.05) is 6.92 Å². The summed E-state index contributed by atoms with van der Waals surface area (Å²) in [5.41, 5.74) is 0. The van der Waals surface area contributed by atoms with Crippen LogP contribution in [0.4, 0.5) is 0 Å². The second-order valence-corrected chi connectivity index (χ2v) is 6.74. The smallest absolute Gasteiger partial charge is 0.244 e. The fraction of sp³-hybridized carbons (Fsp3) is 0.500. The van der Waals surface area contributed by atoms with E-state index in [4.69, 9.17) is 4.74 Å². The third kappa shape index (κ3) is 4.76. The minimum atomic E-state index is -3.70. The molecule has 0 heterocycles. The zero-order chi connectivity index (χ0) is 14.5. The van der Waals surface area contributed by atoms with Crippen LogP contribution in [-0.4, -0.2) is 33.3 Å². The van der Waals surface area contributed by atoms with Gasteiger partial charge in [0.15, 0.2) is 0 Å². The topological polar surface area (TPSA) is 75.6 Å². The Bertz CT molecular complexity index is 518. The predicted molar refractivity (Wildman–Crippen MR) is 76.8 cm³/mol. The summed E-state index contributed by atoms with van der Waals surface area (Å²) in [6.45, 7) is 1.92. The SMILES string of the molecule is CCCC(O)CNS(=O)(=O)c1cc(Br)ccc1OC. The molecular formula is C12H18BrNO4S. The van der Waals surface area contributed by atoms with Crippen molar-refractivity contribution < 1.29 is 18.3 Å². The first kappa shape index (κ1) is 16.4. The van der Waals surface area contributed by atoms with Crippen molar-refractivity contribution >= 4 is 26.0 Å². The summed E-state index contributed by atoms with van der Waals surface area (Å²) >= 11 is 3.23. The van der Waals surface area contributed by atoms with Gasteiger partial charge in [-0.25, -0.2) is 13.1 Å². The van der Waals surface area contributed by atoms with Crippen LogP contribution in [0, 0.1) is 0 Å². The van der Waals surface area contributed by atoms with Gasteiger partial charge in [0.05, 0.1) is 13.2 Å². The molecule has 2 N–H and O–H groups in total. The van der Waals surface area contributed by atoms with Crippen molar-refractivity contribution in [3.63, 3.8) is 0 Å². The summed E-state index contributed by atoms with van der Waals surface area (Å²) in [7, 11) is -2.29. The molecule has 1 rings (SSSR count). The molecule has 1 aromatic carbocycles. The molecule has 0 saturated heterocycles. The molecule has 5 nitrogen and oxygen atoms in total. The number of aliphatic hydroxyl groups excluding tert-OH is 1. The Morgan fingerprint density at radius 2 is 2.16 bits per heavy atom. The standard InChI is InChI=1S/C12H18BrNO4S/c1-3-4-10(15)8-14-19(16,17)12-7-9(13)5-6-11(12)18-2/h5-7,10,14-15H,3-4,8H2,1-2H3. The normalized spacial score (nSPS) is 13.3. The fourth-order valence-corrected chi connectivity index (χ4v) is 3.36. The highest BCUT2D eigenvalue weighted by Crippen LogP contribution is 2.26. The van der Waals surface area contributed by atoms with Crippen LogP contribution in [0.25, 0.3) is 0 Å². The number of nitrogens with one attached hydrogen (secondary N) is 1. The van der Waals surface area contributed by atoms with Crippen LogP contribution in [0.1, 0.15) is 19.8 Å². The lowest BCUT2D eigenvalue weighted by molar-refractivity contribution is 0.167. The number of methoxy groups -OCH3 is 1. The number of rotatable bonds is 7. The number of benzene rings is 1. The average Bonchev–Trinajstić information content (AvgIpc) is 2.37. The van der Waals surface area contributed by atoms with E-state index in [1.54, 1.807) is 12.1 Å². The van der Waals surface area contributed by atoms with Gasteiger partial charge in [-0.15, -0.1) is 0 Å². The number of aliphatic hydroxyl groups is 1. The number of hydrogen-bond acceptors (Lipinski definition) is 4. The molecule has 0 fully saturated rings. The highest BCUT2D eigenvalue weighted by atomic mass is 79.9. The van der Waals surface area contributed by atoms with E-state index >= 15 is 0 Å². The van der Waals surface area contributed by atoms with Crippen LogP contribution < -0.4 is 9.46 Å². The summed E-state index contributed by atoms with van der Waals surface area (Å²) in [6.07, 6.45) is 0.666. The van der Waals surface area contributed by atoms with Crippen molar-refractivity contribution in [2.45, 2.75) is 30.8 Å². The quantitative estimate of drug-likeness (QED) is 0.786. The number of halogens is 1. The second kappa shape index (κ2) is 7.23. The maximum Gasteiger partial charge on any atom is 0.244 e. The first-order valence-electron chi connectivity index (χ1n) is 5.92. The van der Waals surface area contributed by atoms with Crippen LogP contribution in [0.15, 0.2) is 27.6 Å². The van der Waals surface area contributed by atoms with Crippen molar-refractivity contribution in [2.24, 2.45) is 0 Å². The van der Waals surface area contributed by atoms with Crippen molar-refractivity contribution in [1.82, 2.24) is 4.72 Å². The van der Waals surface area contributed by atoms with Gasteiger partial charge >= 0.3 is 0 Å². The maximum absolute atomic E-state index is 12.1. The lowest BCUT2D eigenvalue weighted by Gasteiger charge is -2.13. The largest absolute Gasteiger partial charge is 0.495 e. The third-order valence-electron chi connectivity index (χ3n) is 2.55. The Kier molecular flexibility index (Phi) is 6.25. The van der Waals surface area contributed by atoms with Crippen LogP contribution in [0.2, 0.25) is 0 Å². The van der Waals surface area contributed by atoms with Gasteiger partial charge in [-0.05, 0) is 24.6 Å². The molecule has 0 bridgehead atoms. The third-order valence-corrected chi connectivity index (χ3v) is 4.48. The molecule has 0 aliphatic carbocycles. The second-order valence-electron chi connectivity index (χ2n) is 4.09. The van der Waals surface area contributed by atoms with Crippen LogP contribution in [0.3, 0.4) is 0 Å². The zero-order valence-corrected chi connectivity index (χ0v) is 13.3. The highest BCUT2D eigenvalue weighted by molar-refractivity contribution is 9.10. The van der Waals surface area contributed by atoms with E-state index in [1.165, 1.54) is 13.2 Å². The first-order valence-corrected chi connectivity index (χ1v) is 8.19. The molecule has 19 heavy (non-hydrogen) atoms. The van der Waals surface area contributed by atoms with Gasteiger partial charge in [-0.3, -0.25) is 0 Å². The van der Waals surface area contributed by atoms with Crippen molar-refractivity contribution in [3.05, 3.63) is 22.7 Å². The molecule has 1 atom stereocenters. The summed E-state index contributed by atoms with van der Waals surface area (Å²) in [6, 6.07) is 4.73. The molecule has 1 unspecified atom stereocenters. The number of ether oxygens (including phenoxy) is 1. The highest BCUT2D eigenvalue weighted by Gasteiger charge is 2.20. The maximum atomic E-state index is 12.1.